The average molecular weight is 265 g/mol. The molecule has 19 heavy (non-hydrogen) atoms. The fourth-order valence-corrected chi connectivity index (χ4v) is 1.21. The lowest BCUT2D eigenvalue weighted by molar-refractivity contribution is 0.200. The smallest absolute Gasteiger partial charge is 0.410 e. The zero-order chi connectivity index (χ0) is 14.3. The van der Waals surface area contributed by atoms with Gasteiger partial charge >= 0.3 is 12.1 Å². The van der Waals surface area contributed by atoms with E-state index in [9.17, 15) is 9.59 Å². The lowest BCUT2D eigenvalue weighted by Gasteiger charge is -2.12. The molecule has 0 radical (unpaired) electrons. The maximum atomic E-state index is 11.4. The SMILES string of the molecule is CCCNC(=O)Oc1ccc(NC(=O)N(C)C)cc1. The molecule has 0 spiro atoms. The minimum atomic E-state index is -0.480. The summed E-state index contributed by atoms with van der Waals surface area (Å²) < 4.78 is 5.05. The van der Waals surface area contributed by atoms with Crippen LogP contribution in [0.4, 0.5) is 15.3 Å². The van der Waals surface area contributed by atoms with Gasteiger partial charge in [0.1, 0.15) is 5.75 Å². The van der Waals surface area contributed by atoms with E-state index < -0.39 is 6.09 Å². The molecule has 0 bridgehead atoms. The molecule has 6 nitrogen and oxygen atoms in total. The van der Waals surface area contributed by atoms with Crippen LogP contribution in [-0.2, 0) is 0 Å². The fourth-order valence-electron chi connectivity index (χ4n) is 1.21. The molecule has 0 aliphatic rings. The Hall–Kier alpha value is -2.24. The molecule has 0 unspecified atom stereocenters. The fraction of sp³-hybridized carbons (Fsp3) is 0.385. The van der Waals surface area contributed by atoms with Gasteiger partial charge in [-0.2, -0.15) is 0 Å². The summed E-state index contributed by atoms with van der Waals surface area (Å²) in [6, 6.07) is 6.37. The normalized spacial score (nSPS) is 9.63. The average Bonchev–Trinajstić information content (AvgIpc) is 2.38. The van der Waals surface area contributed by atoms with Gasteiger partial charge in [-0.05, 0) is 30.7 Å². The minimum absolute atomic E-state index is 0.214. The monoisotopic (exact) mass is 265 g/mol. The van der Waals surface area contributed by atoms with Crippen LogP contribution in [-0.4, -0.2) is 37.7 Å². The van der Waals surface area contributed by atoms with Gasteiger partial charge in [0.2, 0.25) is 0 Å². The number of urea groups is 1. The van der Waals surface area contributed by atoms with Gasteiger partial charge in [-0.1, -0.05) is 6.92 Å². The standard InChI is InChI=1S/C13H19N3O3/c1-4-9-14-13(18)19-11-7-5-10(6-8-11)15-12(17)16(2)3/h5-8H,4,9H2,1-3H3,(H,14,18)(H,15,17). The maximum Gasteiger partial charge on any atom is 0.412 e. The van der Waals surface area contributed by atoms with Crippen molar-refractivity contribution in [2.45, 2.75) is 13.3 Å². The summed E-state index contributed by atoms with van der Waals surface area (Å²) in [5.41, 5.74) is 0.639. The zero-order valence-electron chi connectivity index (χ0n) is 11.4. The Kier molecular flexibility index (Phi) is 5.66. The number of nitrogens with one attached hydrogen (secondary N) is 2. The molecule has 1 aromatic carbocycles. The van der Waals surface area contributed by atoms with Crippen molar-refractivity contribution in [3.63, 3.8) is 0 Å². The van der Waals surface area contributed by atoms with E-state index in [1.807, 2.05) is 6.92 Å². The predicted octanol–water partition coefficient (Wildman–Crippen LogP) is 2.28. The number of nitrogens with zero attached hydrogens (tertiary/aromatic N) is 1. The molecule has 0 aromatic heterocycles. The molecule has 104 valence electrons. The molecular weight excluding hydrogens is 246 g/mol. The molecule has 1 rings (SSSR count). The van der Waals surface area contributed by atoms with Crippen LogP contribution in [0.3, 0.4) is 0 Å². The lowest BCUT2D eigenvalue weighted by atomic mass is 10.3. The number of carbonyl (C=O) groups excluding carboxylic acids is 2. The summed E-state index contributed by atoms with van der Waals surface area (Å²) in [5, 5.41) is 5.29. The van der Waals surface area contributed by atoms with E-state index >= 15 is 0 Å². The summed E-state index contributed by atoms with van der Waals surface area (Å²) in [5.74, 6) is 0.427. The maximum absolute atomic E-state index is 11.4. The van der Waals surface area contributed by atoms with E-state index in [2.05, 4.69) is 10.6 Å². The van der Waals surface area contributed by atoms with Gasteiger partial charge in [-0.25, -0.2) is 9.59 Å². The molecule has 0 aliphatic heterocycles. The van der Waals surface area contributed by atoms with Gasteiger partial charge in [-0.3, -0.25) is 0 Å². The zero-order valence-corrected chi connectivity index (χ0v) is 11.4. The first-order valence-electron chi connectivity index (χ1n) is 6.07. The van der Waals surface area contributed by atoms with Crippen LogP contribution in [0.1, 0.15) is 13.3 Å². The minimum Gasteiger partial charge on any atom is -0.410 e. The van der Waals surface area contributed by atoms with Crippen LogP contribution in [0.2, 0.25) is 0 Å². The van der Waals surface area contributed by atoms with E-state index in [-0.39, 0.29) is 6.03 Å². The van der Waals surface area contributed by atoms with Crippen molar-refractivity contribution in [1.82, 2.24) is 10.2 Å². The second kappa shape index (κ2) is 7.25. The molecule has 2 N–H and O–H groups in total. The van der Waals surface area contributed by atoms with Crippen molar-refractivity contribution in [3.05, 3.63) is 24.3 Å². The van der Waals surface area contributed by atoms with Crippen molar-refractivity contribution in [2.24, 2.45) is 0 Å². The molecule has 0 saturated carbocycles. The van der Waals surface area contributed by atoms with Crippen molar-refractivity contribution >= 4 is 17.8 Å². The number of carbonyl (C=O) groups is 2. The quantitative estimate of drug-likeness (QED) is 0.877. The van der Waals surface area contributed by atoms with E-state index in [1.54, 1.807) is 38.4 Å². The van der Waals surface area contributed by atoms with E-state index in [4.69, 9.17) is 4.74 Å². The third-order valence-corrected chi connectivity index (χ3v) is 2.24. The summed E-state index contributed by atoms with van der Waals surface area (Å²) in [7, 11) is 3.32. The van der Waals surface area contributed by atoms with Gasteiger partial charge in [-0.15, -0.1) is 0 Å². The second-order valence-corrected chi connectivity index (χ2v) is 4.17. The topological polar surface area (TPSA) is 70.7 Å². The van der Waals surface area contributed by atoms with Crippen molar-refractivity contribution in [1.29, 1.82) is 0 Å². The van der Waals surface area contributed by atoms with Crippen LogP contribution in [0.25, 0.3) is 0 Å². The number of amides is 3. The van der Waals surface area contributed by atoms with Gasteiger partial charge < -0.3 is 20.3 Å². The van der Waals surface area contributed by atoms with Crippen molar-refractivity contribution < 1.29 is 14.3 Å². The van der Waals surface area contributed by atoms with Gasteiger partial charge in [0.15, 0.2) is 0 Å². The van der Waals surface area contributed by atoms with E-state index in [0.29, 0.717) is 18.0 Å². The Bertz CT molecular complexity index is 429. The Labute approximate surface area is 112 Å². The number of hydrogen-bond acceptors (Lipinski definition) is 3. The molecule has 0 fully saturated rings. The van der Waals surface area contributed by atoms with Crippen LogP contribution >= 0.6 is 0 Å². The van der Waals surface area contributed by atoms with E-state index in [0.717, 1.165) is 6.42 Å². The molecule has 0 saturated heterocycles. The molecule has 0 aliphatic carbocycles. The van der Waals surface area contributed by atoms with Crippen LogP contribution in [0.5, 0.6) is 5.75 Å². The second-order valence-electron chi connectivity index (χ2n) is 4.17. The summed E-state index contributed by atoms with van der Waals surface area (Å²) >= 11 is 0. The van der Waals surface area contributed by atoms with Gasteiger partial charge in [0.05, 0.1) is 0 Å². The van der Waals surface area contributed by atoms with Crippen molar-refractivity contribution in [3.8, 4) is 5.75 Å². The summed E-state index contributed by atoms with van der Waals surface area (Å²) in [6.07, 6.45) is 0.372. The summed E-state index contributed by atoms with van der Waals surface area (Å²) in [4.78, 5) is 24.2. The first-order valence-corrected chi connectivity index (χ1v) is 6.07. The van der Waals surface area contributed by atoms with Crippen LogP contribution in [0, 0.1) is 0 Å². The highest BCUT2D eigenvalue weighted by Gasteiger charge is 2.05. The van der Waals surface area contributed by atoms with E-state index in [1.165, 1.54) is 4.90 Å². The highest BCUT2D eigenvalue weighted by Crippen LogP contribution is 2.15. The Balaban J connectivity index is 2.52. The molecular formula is C13H19N3O3. The highest BCUT2D eigenvalue weighted by molar-refractivity contribution is 5.89. The largest absolute Gasteiger partial charge is 0.412 e. The lowest BCUT2D eigenvalue weighted by Crippen LogP contribution is -2.27. The summed E-state index contributed by atoms with van der Waals surface area (Å²) in [6.45, 7) is 2.54. The van der Waals surface area contributed by atoms with Crippen LogP contribution in [0.15, 0.2) is 24.3 Å². The number of anilines is 1. The molecule has 0 heterocycles. The number of hydrogen-bond donors (Lipinski definition) is 2. The number of rotatable bonds is 4. The Morgan fingerprint density at radius 1 is 1.21 bits per heavy atom. The predicted molar refractivity (Wildman–Crippen MR) is 73.5 cm³/mol. The van der Waals surface area contributed by atoms with Crippen molar-refractivity contribution in [2.75, 3.05) is 26.0 Å². The Morgan fingerprint density at radius 3 is 2.37 bits per heavy atom. The molecule has 6 heteroatoms. The molecule has 0 atom stereocenters. The Morgan fingerprint density at radius 2 is 1.84 bits per heavy atom. The third-order valence-electron chi connectivity index (χ3n) is 2.24. The van der Waals surface area contributed by atoms with Gasteiger partial charge in [0.25, 0.3) is 0 Å². The third kappa shape index (κ3) is 5.29. The first-order chi connectivity index (χ1) is 9.02. The molecule has 1 aromatic rings. The molecule has 3 amide bonds. The van der Waals surface area contributed by atoms with Crippen LogP contribution < -0.4 is 15.4 Å². The van der Waals surface area contributed by atoms with Gasteiger partial charge in [0, 0.05) is 26.3 Å². The number of benzene rings is 1. The number of ether oxygens (including phenoxy) is 1. The first kappa shape index (κ1) is 14.8. The highest BCUT2D eigenvalue weighted by atomic mass is 16.6.